The van der Waals surface area contributed by atoms with Gasteiger partial charge in [0.25, 0.3) is 0 Å². The Kier molecular flexibility index (Phi) is 5.90. The Morgan fingerprint density at radius 3 is 2.48 bits per heavy atom. The summed E-state index contributed by atoms with van der Waals surface area (Å²) in [6, 6.07) is 14.5. The fourth-order valence-corrected chi connectivity index (χ4v) is 3.99. The molecule has 0 amide bonds. The number of rotatable bonds is 7. The van der Waals surface area contributed by atoms with Crippen molar-refractivity contribution in [3.8, 4) is 0 Å². The lowest BCUT2D eigenvalue weighted by atomic mass is 10.2. The van der Waals surface area contributed by atoms with Gasteiger partial charge in [0.2, 0.25) is 16.0 Å². The summed E-state index contributed by atoms with van der Waals surface area (Å²) in [4.78, 5) is 10.6. The molecule has 1 aliphatic rings. The second-order valence-electron chi connectivity index (χ2n) is 7.30. The van der Waals surface area contributed by atoms with Gasteiger partial charge in [0.05, 0.1) is 23.8 Å². The Labute approximate surface area is 180 Å². The lowest BCUT2D eigenvalue weighted by molar-refractivity contribution is 0.607. The van der Waals surface area contributed by atoms with Crippen molar-refractivity contribution < 1.29 is 12.8 Å². The molecule has 0 spiro atoms. The molecule has 162 valence electrons. The first-order chi connectivity index (χ1) is 14.9. The number of halogens is 1. The Hall–Kier alpha value is -3.40. The van der Waals surface area contributed by atoms with Gasteiger partial charge < -0.3 is 15.5 Å². The number of sulfonamides is 1. The van der Waals surface area contributed by atoms with Crippen molar-refractivity contribution in [1.82, 2.24) is 9.97 Å². The summed E-state index contributed by atoms with van der Waals surface area (Å²) in [5.74, 6) is -0.516. The van der Waals surface area contributed by atoms with E-state index in [2.05, 4.69) is 36.3 Å². The lowest BCUT2D eigenvalue weighted by Crippen LogP contribution is -2.17. The molecule has 10 heteroatoms. The van der Waals surface area contributed by atoms with Gasteiger partial charge in [-0.1, -0.05) is 18.2 Å². The summed E-state index contributed by atoms with van der Waals surface area (Å²) in [5.41, 5.74) is 2.56. The predicted octanol–water partition coefficient (Wildman–Crippen LogP) is 4.07. The molecule has 2 aromatic carbocycles. The fraction of sp³-hybridized carbons (Fsp3) is 0.238. The van der Waals surface area contributed by atoms with Crippen molar-refractivity contribution in [2.45, 2.75) is 12.8 Å². The second-order valence-corrected chi connectivity index (χ2v) is 9.05. The van der Waals surface area contributed by atoms with Gasteiger partial charge in [0, 0.05) is 24.5 Å². The van der Waals surface area contributed by atoms with E-state index < -0.39 is 15.8 Å². The SMILES string of the molecule is CS(=O)(=O)Nc1ccccc1Nc1nc(Nc2cccc(N3CCCC3)c2)ncc1F. The Bertz CT molecular complexity index is 1180. The van der Waals surface area contributed by atoms with Gasteiger partial charge in [0.1, 0.15) is 0 Å². The molecule has 31 heavy (non-hydrogen) atoms. The number of aromatic nitrogens is 2. The van der Waals surface area contributed by atoms with Crippen LogP contribution in [-0.2, 0) is 10.0 Å². The van der Waals surface area contributed by atoms with E-state index in [0.717, 1.165) is 36.9 Å². The van der Waals surface area contributed by atoms with Gasteiger partial charge in [-0.05, 0) is 43.2 Å². The number of hydrogen-bond acceptors (Lipinski definition) is 7. The molecule has 1 saturated heterocycles. The summed E-state index contributed by atoms with van der Waals surface area (Å²) >= 11 is 0. The summed E-state index contributed by atoms with van der Waals surface area (Å²) in [5, 5.41) is 5.95. The van der Waals surface area contributed by atoms with Gasteiger partial charge in [-0.25, -0.2) is 17.8 Å². The number of para-hydroxylation sites is 2. The first kappa shape index (κ1) is 20.9. The maximum Gasteiger partial charge on any atom is 0.229 e. The van der Waals surface area contributed by atoms with Gasteiger partial charge in [-0.15, -0.1) is 0 Å². The third-order valence-electron chi connectivity index (χ3n) is 4.79. The molecular weight excluding hydrogens is 419 g/mol. The lowest BCUT2D eigenvalue weighted by Gasteiger charge is -2.18. The van der Waals surface area contributed by atoms with E-state index in [1.807, 2.05) is 18.2 Å². The molecule has 0 radical (unpaired) electrons. The average Bonchev–Trinajstić information content (AvgIpc) is 3.26. The molecule has 1 aromatic heterocycles. The Morgan fingerprint density at radius 2 is 1.74 bits per heavy atom. The van der Waals surface area contributed by atoms with Crippen LogP contribution in [0.15, 0.2) is 54.7 Å². The molecule has 0 unspecified atom stereocenters. The quantitative estimate of drug-likeness (QED) is 0.507. The Balaban J connectivity index is 1.55. The highest BCUT2D eigenvalue weighted by Gasteiger charge is 2.14. The molecule has 4 rings (SSSR count). The van der Waals surface area contributed by atoms with E-state index in [1.165, 1.54) is 12.8 Å². The summed E-state index contributed by atoms with van der Waals surface area (Å²) < 4.78 is 40.0. The van der Waals surface area contributed by atoms with Crippen LogP contribution in [0.25, 0.3) is 0 Å². The van der Waals surface area contributed by atoms with E-state index in [0.29, 0.717) is 5.69 Å². The smallest absolute Gasteiger partial charge is 0.229 e. The molecule has 2 heterocycles. The highest BCUT2D eigenvalue weighted by molar-refractivity contribution is 7.92. The first-order valence-corrected chi connectivity index (χ1v) is 11.7. The Morgan fingerprint density at radius 1 is 1.00 bits per heavy atom. The third kappa shape index (κ3) is 5.40. The summed E-state index contributed by atoms with van der Waals surface area (Å²) in [6.45, 7) is 2.07. The van der Waals surface area contributed by atoms with Gasteiger partial charge in [0.15, 0.2) is 11.6 Å². The number of hydrogen-bond donors (Lipinski definition) is 3. The van der Waals surface area contributed by atoms with E-state index in [1.54, 1.807) is 24.3 Å². The monoisotopic (exact) mass is 442 g/mol. The van der Waals surface area contributed by atoms with Crippen LogP contribution in [-0.4, -0.2) is 37.7 Å². The van der Waals surface area contributed by atoms with Gasteiger partial charge in [-0.3, -0.25) is 4.72 Å². The van der Waals surface area contributed by atoms with E-state index in [9.17, 15) is 12.8 Å². The standard InChI is InChI=1S/C21H23FN6O2S/c1-31(29,30)27-19-10-3-2-9-18(19)25-20-17(22)14-23-21(26-20)24-15-7-6-8-16(13-15)28-11-4-5-12-28/h2-3,6-10,13-14,27H,4-5,11-12H2,1H3,(H2,23,24,25,26). The zero-order valence-electron chi connectivity index (χ0n) is 17.0. The topological polar surface area (TPSA) is 99.2 Å². The molecule has 1 aliphatic heterocycles. The normalized spacial score (nSPS) is 13.8. The maximum atomic E-state index is 14.4. The van der Waals surface area contributed by atoms with E-state index in [4.69, 9.17) is 0 Å². The molecule has 3 N–H and O–H groups in total. The zero-order chi connectivity index (χ0) is 21.8. The molecule has 0 aliphatic carbocycles. The molecule has 0 atom stereocenters. The minimum Gasteiger partial charge on any atom is -0.371 e. The van der Waals surface area contributed by atoms with Crippen LogP contribution in [0.3, 0.4) is 0 Å². The number of nitrogens with zero attached hydrogens (tertiary/aromatic N) is 3. The summed E-state index contributed by atoms with van der Waals surface area (Å²) in [6.07, 6.45) is 4.48. The predicted molar refractivity (Wildman–Crippen MR) is 121 cm³/mol. The van der Waals surface area contributed by atoms with Crippen molar-refractivity contribution in [3.05, 3.63) is 60.5 Å². The zero-order valence-corrected chi connectivity index (χ0v) is 17.8. The van der Waals surface area contributed by atoms with E-state index >= 15 is 0 Å². The van der Waals surface area contributed by atoms with Crippen LogP contribution in [0.4, 0.5) is 38.9 Å². The van der Waals surface area contributed by atoms with Crippen molar-refractivity contribution in [2.75, 3.05) is 39.6 Å². The highest BCUT2D eigenvalue weighted by atomic mass is 32.2. The minimum atomic E-state index is -3.50. The minimum absolute atomic E-state index is 0.0732. The fourth-order valence-electron chi connectivity index (χ4n) is 3.41. The maximum absolute atomic E-state index is 14.4. The van der Waals surface area contributed by atoms with Crippen LogP contribution in [0.2, 0.25) is 0 Å². The van der Waals surface area contributed by atoms with Crippen LogP contribution in [0.5, 0.6) is 0 Å². The number of anilines is 6. The van der Waals surface area contributed by atoms with Gasteiger partial charge >= 0.3 is 0 Å². The van der Waals surface area contributed by atoms with Crippen LogP contribution >= 0.6 is 0 Å². The first-order valence-electron chi connectivity index (χ1n) is 9.86. The molecular formula is C21H23FN6O2S. The van der Waals surface area contributed by atoms with Crippen LogP contribution in [0.1, 0.15) is 12.8 Å². The largest absolute Gasteiger partial charge is 0.371 e. The van der Waals surface area contributed by atoms with Crippen molar-refractivity contribution in [3.63, 3.8) is 0 Å². The van der Waals surface area contributed by atoms with Crippen molar-refractivity contribution >= 4 is 44.5 Å². The molecule has 3 aromatic rings. The number of nitrogens with one attached hydrogen (secondary N) is 3. The third-order valence-corrected chi connectivity index (χ3v) is 5.38. The summed E-state index contributed by atoms with van der Waals surface area (Å²) in [7, 11) is -3.50. The molecule has 0 bridgehead atoms. The molecule has 1 fully saturated rings. The van der Waals surface area contributed by atoms with Crippen LogP contribution in [0, 0.1) is 5.82 Å². The highest BCUT2D eigenvalue weighted by Crippen LogP contribution is 2.28. The van der Waals surface area contributed by atoms with E-state index in [-0.39, 0.29) is 17.5 Å². The second kappa shape index (κ2) is 8.76. The van der Waals surface area contributed by atoms with Crippen molar-refractivity contribution in [1.29, 1.82) is 0 Å². The molecule has 8 nitrogen and oxygen atoms in total. The number of benzene rings is 2. The van der Waals surface area contributed by atoms with Crippen molar-refractivity contribution in [2.24, 2.45) is 0 Å². The average molecular weight is 443 g/mol. The molecule has 0 saturated carbocycles. The van der Waals surface area contributed by atoms with Crippen LogP contribution < -0.4 is 20.3 Å². The van der Waals surface area contributed by atoms with Gasteiger partial charge in [-0.2, -0.15) is 4.98 Å².